The topological polar surface area (TPSA) is 48.1 Å². The standard InChI is InChI=1S/C11H18N2O/c1-3-5-14-11-8-13-10(4-2)6-9(11)7-12/h6,8H,3-5,7,12H2,1-2H3. The predicted molar refractivity (Wildman–Crippen MR) is 57.3 cm³/mol. The Hall–Kier alpha value is -1.09. The Morgan fingerprint density at radius 3 is 2.79 bits per heavy atom. The first-order valence-corrected chi connectivity index (χ1v) is 5.12. The molecular formula is C11H18N2O. The van der Waals surface area contributed by atoms with Crippen molar-refractivity contribution in [3.8, 4) is 5.75 Å². The number of aryl methyl sites for hydroxylation is 1. The summed E-state index contributed by atoms with van der Waals surface area (Å²) in [5.41, 5.74) is 7.75. The van der Waals surface area contributed by atoms with Crippen molar-refractivity contribution in [3.05, 3.63) is 23.5 Å². The monoisotopic (exact) mass is 194 g/mol. The fraction of sp³-hybridized carbons (Fsp3) is 0.545. The Labute approximate surface area is 85.3 Å². The minimum Gasteiger partial charge on any atom is -0.492 e. The van der Waals surface area contributed by atoms with Crippen LogP contribution in [0.2, 0.25) is 0 Å². The van der Waals surface area contributed by atoms with Crippen molar-refractivity contribution < 1.29 is 4.74 Å². The molecule has 3 nitrogen and oxygen atoms in total. The molecule has 78 valence electrons. The molecule has 0 radical (unpaired) electrons. The molecule has 0 fully saturated rings. The average Bonchev–Trinajstić information content (AvgIpc) is 2.26. The summed E-state index contributed by atoms with van der Waals surface area (Å²) in [7, 11) is 0. The molecule has 3 heteroatoms. The zero-order chi connectivity index (χ0) is 10.4. The van der Waals surface area contributed by atoms with Gasteiger partial charge in [-0.15, -0.1) is 0 Å². The first-order chi connectivity index (χ1) is 6.81. The van der Waals surface area contributed by atoms with Crippen LogP contribution in [-0.2, 0) is 13.0 Å². The van der Waals surface area contributed by atoms with Gasteiger partial charge >= 0.3 is 0 Å². The van der Waals surface area contributed by atoms with Crippen molar-refractivity contribution in [2.75, 3.05) is 6.61 Å². The molecule has 0 saturated carbocycles. The van der Waals surface area contributed by atoms with Crippen LogP contribution in [0.3, 0.4) is 0 Å². The van der Waals surface area contributed by atoms with Gasteiger partial charge in [-0.2, -0.15) is 0 Å². The molecule has 0 spiro atoms. The van der Waals surface area contributed by atoms with E-state index < -0.39 is 0 Å². The highest BCUT2D eigenvalue weighted by atomic mass is 16.5. The molecule has 0 bridgehead atoms. The molecule has 0 aromatic carbocycles. The molecule has 0 atom stereocenters. The third kappa shape index (κ3) is 2.70. The van der Waals surface area contributed by atoms with Crippen molar-refractivity contribution in [3.63, 3.8) is 0 Å². The van der Waals surface area contributed by atoms with Crippen LogP contribution in [0.1, 0.15) is 31.5 Å². The maximum atomic E-state index is 5.64. The van der Waals surface area contributed by atoms with Crippen LogP contribution in [0.15, 0.2) is 12.3 Å². The summed E-state index contributed by atoms with van der Waals surface area (Å²) in [5, 5.41) is 0. The zero-order valence-electron chi connectivity index (χ0n) is 8.92. The predicted octanol–water partition coefficient (Wildman–Crippen LogP) is 1.89. The lowest BCUT2D eigenvalue weighted by Gasteiger charge is -2.09. The summed E-state index contributed by atoms with van der Waals surface area (Å²) >= 11 is 0. The number of nitrogens with zero attached hydrogens (tertiary/aromatic N) is 1. The number of hydrogen-bond donors (Lipinski definition) is 1. The summed E-state index contributed by atoms with van der Waals surface area (Å²) in [4.78, 5) is 4.28. The second-order valence-electron chi connectivity index (χ2n) is 3.19. The minimum absolute atomic E-state index is 0.508. The summed E-state index contributed by atoms with van der Waals surface area (Å²) in [6.07, 6.45) is 3.71. The molecule has 0 amide bonds. The van der Waals surface area contributed by atoms with E-state index in [-0.39, 0.29) is 0 Å². The van der Waals surface area contributed by atoms with Gasteiger partial charge in [0.2, 0.25) is 0 Å². The van der Waals surface area contributed by atoms with E-state index in [9.17, 15) is 0 Å². The highest BCUT2D eigenvalue weighted by Gasteiger charge is 2.03. The maximum absolute atomic E-state index is 5.64. The minimum atomic E-state index is 0.508. The fourth-order valence-electron chi connectivity index (χ4n) is 1.23. The molecule has 14 heavy (non-hydrogen) atoms. The number of rotatable bonds is 5. The summed E-state index contributed by atoms with van der Waals surface area (Å²) in [6, 6.07) is 2.02. The fourth-order valence-corrected chi connectivity index (χ4v) is 1.23. The lowest BCUT2D eigenvalue weighted by Crippen LogP contribution is -2.05. The smallest absolute Gasteiger partial charge is 0.142 e. The molecular weight excluding hydrogens is 176 g/mol. The Morgan fingerprint density at radius 2 is 2.21 bits per heavy atom. The van der Waals surface area contributed by atoms with E-state index in [0.717, 1.165) is 36.5 Å². The molecule has 1 rings (SSSR count). The van der Waals surface area contributed by atoms with Crippen LogP contribution >= 0.6 is 0 Å². The van der Waals surface area contributed by atoms with Gasteiger partial charge in [-0.25, -0.2) is 0 Å². The molecule has 0 aliphatic heterocycles. The first kappa shape index (κ1) is 11.0. The van der Waals surface area contributed by atoms with Crippen molar-refractivity contribution in [2.45, 2.75) is 33.2 Å². The van der Waals surface area contributed by atoms with E-state index in [0.29, 0.717) is 6.54 Å². The average molecular weight is 194 g/mol. The van der Waals surface area contributed by atoms with Crippen molar-refractivity contribution in [1.29, 1.82) is 0 Å². The Kier molecular flexibility index (Phi) is 4.40. The summed E-state index contributed by atoms with van der Waals surface area (Å²) < 4.78 is 5.53. The SMILES string of the molecule is CCCOc1cnc(CC)cc1CN. The molecule has 0 saturated heterocycles. The van der Waals surface area contributed by atoms with E-state index in [1.165, 1.54) is 0 Å². The maximum Gasteiger partial charge on any atom is 0.142 e. The summed E-state index contributed by atoms with van der Waals surface area (Å²) in [6.45, 7) is 5.39. The molecule has 1 aromatic rings. The van der Waals surface area contributed by atoms with Gasteiger partial charge in [0.05, 0.1) is 12.8 Å². The Bertz CT molecular complexity index is 287. The normalized spacial score (nSPS) is 10.2. The van der Waals surface area contributed by atoms with Crippen LogP contribution in [-0.4, -0.2) is 11.6 Å². The van der Waals surface area contributed by atoms with E-state index >= 15 is 0 Å². The van der Waals surface area contributed by atoms with E-state index in [1.807, 2.05) is 6.07 Å². The third-order valence-electron chi connectivity index (χ3n) is 2.05. The van der Waals surface area contributed by atoms with Crippen LogP contribution in [0.25, 0.3) is 0 Å². The van der Waals surface area contributed by atoms with Gasteiger partial charge in [0.1, 0.15) is 5.75 Å². The highest BCUT2D eigenvalue weighted by molar-refractivity contribution is 5.32. The van der Waals surface area contributed by atoms with Gasteiger partial charge in [0.25, 0.3) is 0 Å². The van der Waals surface area contributed by atoms with Gasteiger partial charge in [0.15, 0.2) is 0 Å². The number of aromatic nitrogens is 1. The second-order valence-corrected chi connectivity index (χ2v) is 3.19. The molecule has 2 N–H and O–H groups in total. The van der Waals surface area contributed by atoms with E-state index in [2.05, 4.69) is 18.8 Å². The van der Waals surface area contributed by atoms with Crippen LogP contribution in [0, 0.1) is 0 Å². The van der Waals surface area contributed by atoms with Gasteiger partial charge in [-0.1, -0.05) is 13.8 Å². The van der Waals surface area contributed by atoms with Crippen LogP contribution in [0.4, 0.5) is 0 Å². The van der Waals surface area contributed by atoms with E-state index in [4.69, 9.17) is 10.5 Å². The zero-order valence-corrected chi connectivity index (χ0v) is 8.92. The number of ether oxygens (including phenoxy) is 1. The van der Waals surface area contributed by atoms with Gasteiger partial charge in [0, 0.05) is 17.8 Å². The van der Waals surface area contributed by atoms with Gasteiger partial charge < -0.3 is 10.5 Å². The summed E-state index contributed by atoms with van der Waals surface area (Å²) in [5.74, 6) is 0.826. The van der Waals surface area contributed by atoms with Gasteiger partial charge in [-0.05, 0) is 18.9 Å². The Morgan fingerprint density at radius 1 is 1.43 bits per heavy atom. The highest BCUT2D eigenvalue weighted by Crippen LogP contribution is 2.18. The number of hydrogen-bond acceptors (Lipinski definition) is 3. The van der Waals surface area contributed by atoms with Crippen LogP contribution < -0.4 is 10.5 Å². The Balaban J connectivity index is 2.82. The molecule has 0 unspecified atom stereocenters. The second kappa shape index (κ2) is 5.60. The third-order valence-corrected chi connectivity index (χ3v) is 2.05. The lowest BCUT2D eigenvalue weighted by atomic mass is 10.2. The molecule has 1 heterocycles. The van der Waals surface area contributed by atoms with E-state index in [1.54, 1.807) is 6.20 Å². The van der Waals surface area contributed by atoms with Crippen LogP contribution in [0.5, 0.6) is 5.75 Å². The lowest BCUT2D eigenvalue weighted by molar-refractivity contribution is 0.313. The van der Waals surface area contributed by atoms with Gasteiger partial charge in [-0.3, -0.25) is 4.98 Å². The number of pyridine rings is 1. The molecule has 1 aromatic heterocycles. The van der Waals surface area contributed by atoms with Crippen molar-refractivity contribution in [1.82, 2.24) is 4.98 Å². The molecule has 0 aliphatic carbocycles. The largest absolute Gasteiger partial charge is 0.492 e. The quantitative estimate of drug-likeness (QED) is 0.778. The van der Waals surface area contributed by atoms with Crippen molar-refractivity contribution >= 4 is 0 Å². The van der Waals surface area contributed by atoms with Crippen molar-refractivity contribution in [2.24, 2.45) is 5.73 Å². The number of nitrogens with two attached hydrogens (primary N) is 1. The first-order valence-electron chi connectivity index (χ1n) is 5.12. The molecule has 0 aliphatic rings.